The summed E-state index contributed by atoms with van der Waals surface area (Å²) in [5.41, 5.74) is 1.09. The van der Waals surface area contributed by atoms with Gasteiger partial charge in [-0.05, 0) is 37.4 Å². The molecule has 0 spiro atoms. The molecule has 1 aliphatic rings. The van der Waals surface area contributed by atoms with Crippen molar-refractivity contribution in [1.29, 1.82) is 0 Å². The molecule has 1 heterocycles. The van der Waals surface area contributed by atoms with Gasteiger partial charge in [-0.1, -0.05) is 30.3 Å². The fraction of sp³-hybridized carbons (Fsp3) is 0.455. The van der Waals surface area contributed by atoms with Crippen LogP contribution in [0.5, 0.6) is 5.75 Å². The van der Waals surface area contributed by atoms with E-state index in [9.17, 15) is 9.59 Å². The summed E-state index contributed by atoms with van der Waals surface area (Å²) >= 11 is 0. The maximum Gasteiger partial charge on any atom is 0.225 e. The van der Waals surface area contributed by atoms with Crippen LogP contribution in [0.3, 0.4) is 0 Å². The van der Waals surface area contributed by atoms with Gasteiger partial charge in [0.2, 0.25) is 11.8 Å². The average Bonchev–Trinajstić information content (AvgIpc) is 3.07. The minimum Gasteiger partial charge on any atom is -0.496 e. The number of hydrogen-bond acceptors (Lipinski definition) is 4. The molecule has 3 rings (SSSR count). The third-order valence-electron chi connectivity index (χ3n) is 5.29. The van der Waals surface area contributed by atoms with E-state index in [0.29, 0.717) is 32.5 Å². The molecule has 2 aromatic rings. The molecule has 150 valence electrons. The number of benzene rings is 2. The highest BCUT2D eigenvalue weighted by molar-refractivity contribution is 5.90. The minimum atomic E-state index is -0.260. The van der Waals surface area contributed by atoms with E-state index in [0.717, 1.165) is 28.6 Å². The molecule has 0 aliphatic carbocycles. The Balaban J connectivity index is 1.58. The smallest absolute Gasteiger partial charge is 0.225 e. The number of fused-ring (bicyclic) bond motifs is 1. The molecule has 0 bridgehead atoms. The van der Waals surface area contributed by atoms with Gasteiger partial charge >= 0.3 is 0 Å². The third kappa shape index (κ3) is 4.62. The third-order valence-corrected chi connectivity index (χ3v) is 5.29. The molecule has 1 aliphatic heterocycles. The van der Waals surface area contributed by atoms with E-state index in [-0.39, 0.29) is 17.7 Å². The van der Waals surface area contributed by atoms with Crippen molar-refractivity contribution in [2.45, 2.75) is 12.8 Å². The molecule has 6 nitrogen and oxygen atoms in total. The molecule has 0 saturated carbocycles. The topological polar surface area (TPSA) is 61.9 Å². The molecule has 1 atom stereocenters. The van der Waals surface area contributed by atoms with Crippen LogP contribution in [0.1, 0.15) is 12.0 Å². The van der Waals surface area contributed by atoms with Gasteiger partial charge in [0.1, 0.15) is 5.75 Å². The first-order valence-electron chi connectivity index (χ1n) is 9.74. The number of carbonyl (C=O) groups is 2. The quantitative estimate of drug-likeness (QED) is 0.757. The average molecular weight is 383 g/mol. The van der Waals surface area contributed by atoms with Gasteiger partial charge in [-0.3, -0.25) is 9.59 Å². The van der Waals surface area contributed by atoms with Gasteiger partial charge in [0.05, 0.1) is 13.0 Å². The van der Waals surface area contributed by atoms with E-state index < -0.39 is 0 Å². The predicted octanol–water partition coefficient (Wildman–Crippen LogP) is 1.92. The molecule has 6 heteroatoms. The molecule has 2 amide bonds. The SMILES string of the molecule is COc1ccc2ccccc2c1CCNC(=O)C1CC(=O)N(CCN(C)C)C1. The number of nitrogens with one attached hydrogen (secondary N) is 1. The van der Waals surface area contributed by atoms with E-state index in [1.807, 2.05) is 43.3 Å². The first kappa shape index (κ1) is 20.1. The summed E-state index contributed by atoms with van der Waals surface area (Å²) < 4.78 is 5.52. The van der Waals surface area contributed by atoms with Crippen molar-refractivity contribution in [3.8, 4) is 5.75 Å². The first-order valence-corrected chi connectivity index (χ1v) is 9.74. The molecule has 2 aromatic carbocycles. The lowest BCUT2D eigenvalue weighted by atomic mass is 10.0. The van der Waals surface area contributed by atoms with Gasteiger partial charge < -0.3 is 19.9 Å². The van der Waals surface area contributed by atoms with Crippen molar-refractivity contribution >= 4 is 22.6 Å². The van der Waals surface area contributed by atoms with Gasteiger partial charge in [-0.15, -0.1) is 0 Å². The normalized spacial score (nSPS) is 16.8. The van der Waals surface area contributed by atoms with Gasteiger partial charge in [-0.25, -0.2) is 0 Å². The van der Waals surface area contributed by atoms with E-state index in [1.54, 1.807) is 12.0 Å². The molecule has 28 heavy (non-hydrogen) atoms. The summed E-state index contributed by atoms with van der Waals surface area (Å²) in [6.07, 6.45) is 0.984. The molecule has 0 radical (unpaired) electrons. The molecule has 1 fully saturated rings. The lowest BCUT2D eigenvalue weighted by molar-refractivity contribution is -0.129. The van der Waals surface area contributed by atoms with Crippen LogP contribution in [0, 0.1) is 5.92 Å². The van der Waals surface area contributed by atoms with Crippen molar-refractivity contribution in [2.24, 2.45) is 5.92 Å². The molecule has 1 N–H and O–H groups in total. The maximum absolute atomic E-state index is 12.6. The van der Waals surface area contributed by atoms with Crippen molar-refractivity contribution in [2.75, 3.05) is 47.4 Å². The van der Waals surface area contributed by atoms with Crippen LogP contribution < -0.4 is 10.1 Å². The maximum atomic E-state index is 12.6. The van der Waals surface area contributed by atoms with Crippen LogP contribution in [0.15, 0.2) is 36.4 Å². The second kappa shape index (κ2) is 9.06. The number of ether oxygens (including phenoxy) is 1. The fourth-order valence-electron chi connectivity index (χ4n) is 3.70. The van der Waals surface area contributed by atoms with Crippen molar-refractivity contribution in [1.82, 2.24) is 15.1 Å². The van der Waals surface area contributed by atoms with Gasteiger partial charge in [0.15, 0.2) is 0 Å². The lowest BCUT2D eigenvalue weighted by Crippen LogP contribution is -2.36. The number of carbonyl (C=O) groups excluding carboxylic acids is 2. The zero-order valence-corrected chi connectivity index (χ0v) is 16.9. The molecule has 1 unspecified atom stereocenters. The summed E-state index contributed by atoms with van der Waals surface area (Å²) in [5, 5.41) is 5.31. The number of rotatable bonds is 8. The van der Waals surface area contributed by atoms with E-state index in [1.165, 1.54) is 0 Å². The highest BCUT2D eigenvalue weighted by Crippen LogP contribution is 2.28. The molecule has 1 saturated heterocycles. The number of likely N-dealkylation sites (tertiary alicyclic amines) is 1. The molecular weight excluding hydrogens is 354 g/mol. The number of hydrogen-bond donors (Lipinski definition) is 1. The number of nitrogens with zero attached hydrogens (tertiary/aromatic N) is 2. The predicted molar refractivity (Wildman–Crippen MR) is 110 cm³/mol. The van der Waals surface area contributed by atoms with E-state index in [2.05, 4.69) is 17.4 Å². The van der Waals surface area contributed by atoms with Gasteiger partial charge in [0, 0.05) is 38.2 Å². The van der Waals surface area contributed by atoms with E-state index in [4.69, 9.17) is 4.74 Å². The van der Waals surface area contributed by atoms with Crippen molar-refractivity contribution in [3.63, 3.8) is 0 Å². The Hall–Kier alpha value is -2.60. The summed E-state index contributed by atoms with van der Waals surface area (Å²) in [4.78, 5) is 28.5. The molecular formula is C22H29N3O3. The van der Waals surface area contributed by atoms with Gasteiger partial charge in [-0.2, -0.15) is 0 Å². The van der Waals surface area contributed by atoms with Crippen LogP contribution >= 0.6 is 0 Å². The Morgan fingerprint density at radius 1 is 1.25 bits per heavy atom. The Morgan fingerprint density at radius 2 is 2.04 bits per heavy atom. The van der Waals surface area contributed by atoms with Crippen molar-refractivity contribution in [3.05, 3.63) is 42.0 Å². The minimum absolute atomic E-state index is 0.0418. The molecule has 0 aromatic heterocycles. The second-order valence-corrected chi connectivity index (χ2v) is 7.55. The summed E-state index contributed by atoms with van der Waals surface area (Å²) in [6.45, 7) is 2.51. The summed E-state index contributed by atoms with van der Waals surface area (Å²) in [6, 6.07) is 12.2. The number of likely N-dealkylation sites (N-methyl/N-ethyl adjacent to an activating group) is 1. The Morgan fingerprint density at radius 3 is 2.79 bits per heavy atom. The van der Waals surface area contributed by atoms with Crippen LogP contribution in [-0.4, -0.2) is 69.0 Å². The Kier molecular flexibility index (Phi) is 6.52. The largest absolute Gasteiger partial charge is 0.496 e. The zero-order chi connectivity index (χ0) is 20.1. The number of methoxy groups -OCH3 is 1. The summed E-state index contributed by atoms with van der Waals surface area (Å²) in [5.74, 6) is 0.598. The van der Waals surface area contributed by atoms with Crippen molar-refractivity contribution < 1.29 is 14.3 Å². The highest BCUT2D eigenvalue weighted by atomic mass is 16.5. The van der Waals surface area contributed by atoms with Gasteiger partial charge in [0.25, 0.3) is 0 Å². The fourth-order valence-corrected chi connectivity index (χ4v) is 3.70. The summed E-state index contributed by atoms with van der Waals surface area (Å²) in [7, 11) is 5.62. The Labute approximate surface area is 166 Å². The van der Waals surface area contributed by atoms with E-state index >= 15 is 0 Å². The standard InChI is InChI=1S/C22H29N3O3/c1-24(2)12-13-25-15-17(14-21(25)26)22(27)23-11-10-19-18-7-5-4-6-16(18)8-9-20(19)28-3/h4-9,17H,10-15H2,1-3H3,(H,23,27). The van der Waals surface area contributed by atoms with Crippen LogP contribution in [0.2, 0.25) is 0 Å². The number of amides is 2. The second-order valence-electron chi connectivity index (χ2n) is 7.55. The monoisotopic (exact) mass is 383 g/mol. The zero-order valence-electron chi connectivity index (χ0n) is 16.9. The van der Waals surface area contributed by atoms with Crippen LogP contribution in [-0.2, 0) is 16.0 Å². The first-order chi connectivity index (χ1) is 13.5. The lowest BCUT2D eigenvalue weighted by Gasteiger charge is -2.19. The van der Waals surface area contributed by atoms with Crippen LogP contribution in [0.4, 0.5) is 0 Å². The Bertz CT molecular complexity index is 850. The highest BCUT2D eigenvalue weighted by Gasteiger charge is 2.33. The van der Waals surface area contributed by atoms with Crippen LogP contribution in [0.25, 0.3) is 10.8 Å².